The summed E-state index contributed by atoms with van der Waals surface area (Å²) in [5.74, 6) is 0.421. The zero-order chi connectivity index (χ0) is 25.0. The van der Waals surface area contributed by atoms with E-state index >= 15 is 0 Å². The Bertz CT molecular complexity index is 1160. The highest BCUT2D eigenvalue weighted by molar-refractivity contribution is 7.89. The van der Waals surface area contributed by atoms with Crippen LogP contribution in [-0.2, 0) is 10.0 Å². The maximum atomic E-state index is 14.1. The molecule has 0 aliphatic heterocycles. The first-order valence-corrected chi connectivity index (χ1v) is 13.6. The van der Waals surface area contributed by atoms with Crippen LogP contribution in [0.15, 0.2) is 77.7 Å². The van der Waals surface area contributed by atoms with Crippen molar-refractivity contribution in [2.45, 2.75) is 76.3 Å². The van der Waals surface area contributed by atoms with Crippen LogP contribution in [-0.4, -0.2) is 8.42 Å². The molecule has 0 saturated heterocycles. The average Bonchev–Trinajstić information content (AvgIpc) is 2.82. The van der Waals surface area contributed by atoms with Gasteiger partial charge >= 0.3 is 0 Å². The van der Waals surface area contributed by atoms with Crippen molar-refractivity contribution in [2.75, 3.05) is 0 Å². The topological polar surface area (TPSA) is 72.2 Å². The zero-order valence-electron chi connectivity index (χ0n) is 21.1. The molecule has 0 fully saturated rings. The van der Waals surface area contributed by atoms with Crippen molar-refractivity contribution in [3.63, 3.8) is 0 Å². The van der Waals surface area contributed by atoms with Crippen LogP contribution < -0.4 is 10.5 Å². The van der Waals surface area contributed by atoms with Gasteiger partial charge in [0.2, 0.25) is 10.0 Å². The smallest absolute Gasteiger partial charge is 0.241 e. The molecule has 1 unspecified atom stereocenters. The van der Waals surface area contributed by atoms with E-state index in [1.165, 1.54) is 0 Å². The first-order valence-electron chi connectivity index (χ1n) is 12.1. The first-order chi connectivity index (χ1) is 16.0. The summed E-state index contributed by atoms with van der Waals surface area (Å²) < 4.78 is 31.2. The van der Waals surface area contributed by atoms with Crippen molar-refractivity contribution in [3.05, 3.63) is 101 Å². The Morgan fingerprint density at radius 2 is 1.09 bits per heavy atom. The number of nitrogens with two attached hydrogens (primary N) is 1. The van der Waals surface area contributed by atoms with Gasteiger partial charge in [-0.3, -0.25) is 0 Å². The Morgan fingerprint density at radius 1 is 0.647 bits per heavy atom. The van der Waals surface area contributed by atoms with E-state index in [0.29, 0.717) is 10.8 Å². The molecule has 4 nitrogen and oxygen atoms in total. The van der Waals surface area contributed by atoms with Crippen molar-refractivity contribution in [3.8, 4) is 0 Å². The van der Waals surface area contributed by atoms with Crippen LogP contribution in [0, 0.1) is 0 Å². The molecular weight excluding hydrogens is 440 g/mol. The number of nitrogens with one attached hydrogen (secondary N) is 1. The molecule has 182 valence electrons. The summed E-state index contributed by atoms with van der Waals surface area (Å²) in [6, 6.07) is 22.2. The predicted molar refractivity (Wildman–Crippen MR) is 142 cm³/mol. The van der Waals surface area contributed by atoms with Gasteiger partial charge < -0.3 is 5.73 Å². The van der Waals surface area contributed by atoms with E-state index in [-0.39, 0.29) is 11.8 Å². The van der Waals surface area contributed by atoms with Crippen LogP contribution in [0.4, 0.5) is 0 Å². The SMILES string of the molecule is CC(C)c1cc(C(C)C)c(S(=O)(=O)N[C@@H](c2ccccc2)C(N)c2ccccc2)c(C(C)C)c1. The highest BCUT2D eigenvalue weighted by atomic mass is 32.2. The standard InChI is InChI=1S/C29H38N2O2S/c1-19(2)24-17-25(20(3)4)29(26(18-24)21(5)6)34(32,33)31-28(23-15-11-8-12-16-23)27(30)22-13-9-7-10-14-22/h7-21,27-28,31H,30H2,1-6H3/t27?,28-/m0/s1. The van der Waals surface area contributed by atoms with E-state index in [2.05, 4.69) is 30.7 Å². The molecule has 5 heteroatoms. The van der Waals surface area contributed by atoms with Gasteiger partial charge in [0.15, 0.2) is 0 Å². The monoisotopic (exact) mass is 478 g/mol. The molecule has 0 aliphatic carbocycles. The molecule has 0 radical (unpaired) electrons. The van der Waals surface area contributed by atoms with Gasteiger partial charge in [0.25, 0.3) is 0 Å². The number of hydrogen-bond acceptors (Lipinski definition) is 3. The maximum Gasteiger partial charge on any atom is 0.241 e. The van der Waals surface area contributed by atoms with Crippen molar-refractivity contribution in [2.24, 2.45) is 5.73 Å². The Kier molecular flexibility index (Phi) is 8.34. The Balaban J connectivity index is 2.17. The van der Waals surface area contributed by atoms with Gasteiger partial charge in [-0.05, 0) is 45.6 Å². The second-order valence-electron chi connectivity index (χ2n) is 9.94. The number of sulfonamides is 1. The summed E-state index contributed by atoms with van der Waals surface area (Å²) in [6.07, 6.45) is 0. The molecule has 0 heterocycles. The lowest BCUT2D eigenvalue weighted by atomic mass is 9.89. The van der Waals surface area contributed by atoms with Crippen LogP contribution in [0.5, 0.6) is 0 Å². The fourth-order valence-corrected chi connectivity index (χ4v) is 6.25. The molecule has 0 aliphatic rings. The van der Waals surface area contributed by atoms with E-state index in [4.69, 9.17) is 5.73 Å². The molecule has 3 aromatic carbocycles. The molecule has 3 N–H and O–H groups in total. The molecule has 2 atom stereocenters. The van der Waals surface area contributed by atoms with E-state index in [9.17, 15) is 8.42 Å². The van der Waals surface area contributed by atoms with Gasteiger partial charge in [-0.2, -0.15) is 0 Å². The number of rotatable bonds is 9. The fourth-order valence-electron chi connectivity index (χ4n) is 4.30. The predicted octanol–water partition coefficient (Wildman–Crippen LogP) is 6.78. The average molecular weight is 479 g/mol. The van der Waals surface area contributed by atoms with Gasteiger partial charge in [-0.25, -0.2) is 13.1 Å². The molecule has 0 saturated carbocycles. The highest BCUT2D eigenvalue weighted by Gasteiger charge is 2.32. The Hall–Kier alpha value is -2.47. The lowest BCUT2D eigenvalue weighted by Gasteiger charge is -2.28. The van der Waals surface area contributed by atoms with Crippen molar-refractivity contribution in [1.82, 2.24) is 4.72 Å². The summed E-state index contributed by atoms with van der Waals surface area (Å²) in [4.78, 5) is 0.392. The van der Waals surface area contributed by atoms with Crippen LogP contribution in [0.1, 0.15) is 99.2 Å². The molecule has 0 aromatic heterocycles. The first kappa shape index (κ1) is 26.1. The minimum Gasteiger partial charge on any atom is -0.322 e. The molecule has 3 aromatic rings. The highest BCUT2D eigenvalue weighted by Crippen LogP contribution is 2.37. The maximum absolute atomic E-state index is 14.1. The summed E-state index contributed by atoms with van der Waals surface area (Å²) in [6.45, 7) is 12.5. The fraction of sp³-hybridized carbons (Fsp3) is 0.379. The molecule has 34 heavy (non-hydrogen) atoms. The molecule has 3 rings (SSSR count). The summed E-state index contributed by atoms with van der Waals surface area (Å²) in [5, 5.41) is 0. The van der Waals surface area contributed by atoms with Crippen LogP contribution in [0.3, 0.4) is 0 Å². The second kappa shape index (κ2) is 10.9. The van der Waals surface area contributed by atoms with Crippen molar-refractivity contribution in [1.29, 1.82) is 0 Å². The summed E-state index contributed by atoms with van der Waals surface area (Å²) in [5.41, 5.74) is 11.3. The largest absolute Gasteiger partial charge is 0.322 e. The quantitative estimate of drug-likeness (QED) is 0.356. The number of benzene rings is 3. The van der Waals surface area contributed by atoms with Gasteiger partial charge in [-0.1, -0.05) is 114 Å². The third-order valence-corrected chi connectivity index (χ3v) is 7.91. The number of hydrogen-bond donors (Lipinski definition) is 2. The Morgan fingerprint density at radius 3 is 1.50 bits per heavy atom. The summed E-state index contributed by atoms with van der Waals surface area (Å²) >= 11 is 0. The van der Waals surface area contributed by atoms with Gasteiger partial charge in [0.1, 0.15) is 0 Å². The van der Waals surface area contributed by atoms with Gasteiger partial charge in [-0.15, -0.1) is 0 Å². The third-order valence-electron chi connectivity index (χ3n) is 6.33. The van der Waals surface area contributed by atoms with Gasteiger partial charge in [0.05, 0.1) is 17.0 Å². The third kappa shape index (κ3) is 5.77. The molecule has 0 bridgehead atoms. The second-order valence-corrected chi connectivity index (χ2v) is 11.6. The van der Waals surface area contributed by atoms with E-state index in [1.807, 2.05) is 88.4 Å². The normalized spacial score (nSPS) is 14.1. The van der Waals surface area contributed by atoms with Crippen LogP contribution in [0.2, 0.25) is 0 Å². The molecular formula is C29H38N2O2S. The van der Waals surface area contributed by atoms with E-state index in [0.717, 1.165) is 27.8 Å². The summed E-state index contributed by atoms with van der Waals surface area (Å²) in [7, 11) is -3.88. The lowest BCUT2D eigenvalue weighted by molar-refractivity contribution is 0.502. The molecule has 0 amide bonds. The Labute approximate surface area is 205 Å². The van der Waals surface area contributed by atoms with Crippen LogP contribution in [0.25, 0.3) is 0 Å². The van der Waals surface area contributed by atoms with E-state index < -0.39 is 22.1 Å². The molecule has 0 spiro atoms. The minimum absolute atomic E-state index is 0.0562. The van der Waals surface area contributed by atoms with Crippen molar-refractivity contribution < 1.29 is 8.42 Å². The lowest BCUT2D eigenvalue weighted by Crippen LogP contribution is -2.37. The van der Waals surface area contributed by atoms with Gasteiger partial charge in [0, 0.05) is 0 Å². The zero-order valence-corrected chi connectivity index (χ0v) is 21.9. The van der Waals surface area contributed by atoms with E-state index in [1.54, 1.807) is 0 Å². The van der Waals surface area contributed by atoms with Crippen molar-refractivity contribution >= 4 is 10.0 Å². The minimum atomic E-state index is -3.88. The van der Waals surface area contributed by atoms with Crippen LogP contribution >= 0.6 is 0 Å².